The highest BCUT2D eigenvalue weighted by atomic mass is 16.8. The van der Waals surface area contributed by atoms with E-state index in [0.29, 0.717) is 0 Å². The van der Waals surface area contributed by atoms with Crippen LogP contribution in [-0.2, 0) is 99.7 Å². The smallest absolute Gasteiger partial charge is 0.217 e. The largest absolute Gasteiger partial charge is 0.396 e. The van der Waals surface area contributed by atoms with Gasteiger partial charge >= 0.3 is 0 Å². The van der Waals surface area contributed by atoms with Gasteiger partial charge in [-0.05, 0) is 26.7 Å². The lowest BCUT2D eigenvalue weighted by Crippen LogP contribution is -2.69. The van der Waals surface area contributed by atoms with Gasteiger partial charge in [-0.1, -0.05) is 0 Å². The van der Waals surface area contributed by atoms with Gasteiger partial charge in [-0.3, -0.25) is 19.2 Å². The number of hydrogen-bond donors (Lipinski definition) is 25. The first-order valence-electron chi connectivity index (χ1n) is 35.9. The Kier molecular flexibility index (Phi) is 37.0. The number of aliphatic hydroxyl groups excluding tert-OH is 21. The van der Waals surface area contributed by atoms with Crippen LogP contribution in [0.5, 0.6) is 0 Å². The van der Waals surface area contributed by atoms with Gasteiger partial charge in [0.05, 0.1) is 96.0 Å². The maximum Gasteiger partial charge on any atom is 0.217 e. The number of carbonyl (C=O) groups is 4. The first kappa shape index (κ1) is 93.5. The number of carbonyl (C=O) groups excluding carboxylic acids is 4. The van der Waals surface area contributed by atoms with E-state index in [4.69, 9.17) is 80.5 Å². The summed E-state index contributed by atoms with van der Waals surface area (Å²) in [5, 5.41) is 239. The number of nitrogens with one attached hydrogen (secondary N) is 4. The van der Waals surface area contributed by atoms with Crippen molar-refractivity contribution in [3.8, 4) is 0 Å². The first-order chi connectivity index (χ1) is 52.1. The van der Waals surface area contributed by atoms with Crippen LogP contribution < -0.4 is 21.3 Å². The Labute approximate surface area is 629 Å². The molecular weight excluding hydrogens is 1500 g/mol. The monoisotopic (exact) mass is 1610 g/mol. The van der Waals surface area contributed by atoms with E-state index in [1.807, 2.05) is 0 Å². The molecule has 640 valence electrons. The molecule has 46 nitrogen and oxygen atoms in total. The van der Waals surface area contributed by atoms with Gasteiger partial charge in [0.1, 0.15) is 159 Å². The van der Waals surface area contributed by atoms with Crippen LogP contribution in [0.1, 0.15) is 60.8 Å². The Balaban J connectivity index is 1.20. The number of rotatable bonds is 38. The third-order valence-electron chi connectivity index (χ3n) is 19.6. The van der Waals surface area contributed by atoms with Crippen molar-refractivity contribution < 1.29 is 207 Å². The minimum atomic E-state index is -2.24. The number of hydrogen-bond acceptors (Lipinski definition) is 42. The average molecular weight is 1610 g/mol. The fourth-order valence-corrected chi connectivity index (χ4v) is 13.8. The molecule has 4 amide bonds. The number of methoxy groups -OCH3 is 1. The second-order valence-electron chi connectivity index (χ2n) is 27.8. The van der Waals surface area contributed by atoms with Gasteiger partial charge in [0.25, 0.3) is 0 Å². The lowest BCUT2D eigenvalue weighted by Gasteiger charge is -2.49. The van der Waals surface area contributed by atoms with Crippen LogP contribution in [0.4, 0.5) is 0 Å². The van der Waals surface area contributed by atoms with E-state index in [9.17, 15) is 126 Å². The second kappa shape index (κ2) is 43.5. The van der Waals surface area contributed by atoms with Crippen molar-refractivity contribution in [2.45, 2.75) is 306 Å². The molecule has 23 unspecified atom stereocenters. The van der Waals surface area contributed by atoms with E-state index < -0.39 is 336 Å². The Hall–Kier alpha value is -3.64. The van der Waals surface area contributed by atoms with Crippen LogP contribution in [0.2, 0.25) is 0 Å². The van der Waals surface area contributed by atoms with Crippen molar-refractivity contribution in [3.05, 3.63) is 0 Å². The van der Waals surface area contributed by atoms with Gasteiger partial charge in [0.2, 0.25) is 23.6 Å². The number of aliphatic hydroxyl groups is 21. The molecule has 0 aromatic rings. The van der Waals surface area contributed by atoms with Crippen molar-refractivity contribution in [2.24, 2.45) is 0 Å². The molecule has 25 N–H and O–H groups in total. The predicted octanol–water partition coefficient (Wildman–Crippen LogP) is -15.0. The van der Waals surface area contributed by atoms with E-state index in [2.05, 4.69) is 21.3 Å². The molecule has 7 saturated heterocycles. The molecule has 46 heteroatoms. The standard InChI is InChI=1S/C64H112N4O42/c1-21-27(65-22(2)77)10-32(33(12-70)97-21)100-58-28(66-23(3)78)11-31(34(13-71)101-58)98-26(6)99-40(20-96-64-57(51(91)46(86)37(16-74)104-64)110-60-42(68-25(5)80)48(88)55(39(18-76)106-60)108-62-53(93)50(90)45(85)36(15-73)103-62)30(82)19-95-63(94-7)56(43(83)29(81)8-9-69)109-59-41(67-24(4)79)47(87)54(38(17-75)105-59)107-61-52(92)49(89)44(84)35(14-72)102-61/h21,26-64,69-76,81-93H,8-20H2,1-7H3,(H,65,77)(H,66,78)(H,67,79)(H,68,80)/t21-,26?,27?,28?,29+,30-,31-,32-,33?,34?,35?,36?,37?,38?,39?,40?,41?,42?,43?,44-,45-,46+,47?,48?,49?,50?,51?,52?,53?,54+,55+,56?,57?,58+,59-,60-,61-,62-,63+,64-/m0/s1. The van der Waals surface area contributed by atoms with Gasteiger partial charge < -0.3 is 209 Å². The molecule has 0 aliphatic carbocycles. The van der Waals surface area contributed by atoms with Crippen molar-refractivity contribution in [1.82, 2.24) is 21.3 Å². The van der Waals surface area contributed by atoms with Crippen LogP contribution >= 0.6 is 0 Å². The molecule has 110 heavy (non-hydrogen) atoms. The summed E-state index contributed by atoms with van der Waals surface area (Å²) in [5.74, 6) is -2.75. The minimum absolute atomic E-state index is 0.0951. The van der Waals surface area contributed by atoms with Crippen molar-refractivity contribution in [3.63, 3.8) is 0 Å². The predicted molar refractivity (Wildman–Crippen MR) is 352 cm³/mol. The molecule has 0 saturated carbocycles. The summed E-state index contributed by atoms with van der Waals surface area (Å²) >= 11 is 0. The highest BCUT2D eigenvalue weighted by Gasteiger charge is 2.57. The lowest BCUT2D eigenvalue weighted by molar-refractivity contribution is -0.374. The van der Waals surface area contributed by atoms with Crippen LogP contribution in [0, 0.1) is 0 Å². The number of ether oxygens (including phenoxy) is 17. The van der Waals surface area contributed by atoms with Gasteiger partial charge in [0, 0.05) is 47.8 Å². The average Bonchev–Trinajstić information content (AvgIpc) is 0.777. The van der Waals surface area contributed by atoms with Crippen molar-refractivity contribution in [2.75, 3.05) is 73.2 Å². The van der Waals surface area contributed by atoms with E-state index in [1.54, 1.807) is 6.92 Å². The third-order valence-corrected chi connectivity index (χ3v) is 19.6. The Morgan fingerprint density at radius 2 is 0.855 bits per heavy atom. The number of amides is 4. The van der Waals surface area contributed by atoms with Crippen molar-refractivity contribution >= 4 is 23.6 Å². The summed E-state index contributed by atoms with van der Waals surface area (Å²) in [7, 11) is 0.971. The Bertz CT molecular complexity index is 2770. The molecule has 7 rings (SSSR count). The van der Waals surface area contributed by atoms with E-state index in [-0.39, 0.29) is 18.7 Å². The molecule has 0 aromatic heterocycles. The maximum absolute atomic E-state index is 12.9. The normalized spacial score (nSPS) is 41.9. The molecule has 0 spiro atoms. The third kappa shape index (κ3) is 23.6. The fourth-order valence-electron chi connectivity index (χ4n) is 13.8. The van der Waals surface area contributed by atoms with E-state index in [0.717, 1.165) is 21.0 Å². The molecule has 0 bridgehead atoms. The van der Waals surface area contributed by atoms with Gasteiger partial charge in [-0.25, -0.2) is 0 Å². The summed E-state index contributed by atoms with van der Waals surface area (Å²) in [6.45, 7) is -1.76. The topological polar surface area (TPSA) is 698 Å². The van der Waals surface area contributed by atoms with Crippen LogP contribution in [-0.4, -0.2) is 449 Å². The Morgan fingerprint density at radius 3 is 1.34 bits per heavy atom. The first-order valence-corrected chi connectivity index (χ1v) is 35.9. The Morgan fingerprint density at radius 1 is 0.427 bits per heavy atom. The molecule has 7 heterocycles. The summed E-state index contributed by atoms with van der Waals surface area (Å²) in [4.78, 5) is 50.7. The fraction of sp³-hybridized carbons (Fsp3) is 0.938. The molecule has 0 radical (unpaired) electrons. The molecular formula is C64H112N4O42. The van der Waals surface area contributed by atoms with Gasteiger partial charge in [-0.15, -0.1) is 0 Å². The summed E-state index contributed by atoms with van der Waals surface area (Å²) in [6, 6.07) is -5.38. The van der Waals surface area contributed by atoms with Gasteiger partial charge in [0.15, 0.2) is 50.3 Å². The minimum Gasteiger partial charge on any atom is -0.396 e. The lowest BCUT2D eigenvalue weighted by atomic mass is 9.94. The van der Waals surface area contributed by atoms with Crippen LogP contribution in [0.25, 0.3) is 0 Å². The summed E-state index contributed by atoms with van der Waals surface area (Å²) in [6.07, 6.45) is -65.6. The van der Waals surface area contributed by atoms with Crippen LogP contribution in [0.15, 0.2) is 0 Å². The highest BCUT2D eigenvalue weighted by Crippen LogP contribution is 2.37. The molecule has 7 aliphatic rings. The molecule has 7 aliphatic heterocycles. The van der Waals surface area contributed by atoms with Crippen molar-refractivity contribution in [1.29, 1.82) is 0 Å². The second-order valence-corrected chi connectivity index (χ2v) is 27.8. The molecule has 7 fully saturated rings. The van der Waals surface area contributed by atoms with Crippen LogP contribution in [0.3, 0.4) is 0 Å². The molecule has 0 aromatic carbocycles. The highest BCUT2D eigenvalue weighted by molar-refractivity contribution is 5.74. The molecule has 40 atom stereocenters. The maximum atomic E-state index is 12.9. The zero-order valence-corrected chi connectivity index (χ0v) is 61.3. The van der Waals surface area contributed by atoms with E-state index in [1.165, 1.54) is 20.8 Å². The SMILES string of the molecule is CO[C@H](OC[C@H](O)C(CO[C@H]1OC(CO)[C@@H](O)C(O)C1O[C@@H]1OC(CO)[C@@H](O[C@@H]2OC(CO)[C@H](O)C(O)C2O)C(O)C1NC(C)=O)OC(C)O[C@H]1CC(NC(C)=O)[C@H](O[C@H]2CC(NC(C)=O)[C@H](C)OC2CO)OC1CO)C(O[C@@H]1OC(CO)[C@@H](O[C@@H]2OC(CO)[C@H](O)C(O)C2O)C(O)C1NC(C)=O)C(O)[C@H](O)CCO. The van der Waals surface area contributed by atoms with Gasteiger partial charge in [-0.2, -0.15) is 0 Å². The zero-order chi connectivity index (χ0) is 81.4. The summed E-state index contributed by atoms with van der Waals surface area (Å²) < 4.78 is 102. The van der Waals surface area contributed by atoms with E-state index >= 15 is 0 Å². The zero-order valence-electron chi connectivity index (χ0n) is 61.3. The summed E-state index contributed by atoms with van der Waals surface area (Å²) in [5.41, 5.74) is 0. The quantitative estimate of drug-likeness (QED) is 0.0255.